The molecule has 0 aliphatic carbocycles. The van der Waals surface area contributed by atoms with E-state index in [9.17, 15) is 13.2 Å². The molecule has 0 heterocycles. The first-order valence-electron chi connectivity index (χ1n) is 4.17. The van der Waals surface area contributed by atoms with Crippen molar-refractivity contribution < 1.29 is 13.2 Å². The molecule has 0 nitrogen and oxygen atoms in total. The molecule has 0 radical (unpaired) electrons. The molecule has 0 fully saturated rings. The van der Waals surface area contributed by atoms with Crippen LogP contribution in [0.5, 0.6) is 0 Å². The molecule has 0 aromatic heterocycles. The van der Waals surface area contributed by atoms with Crippen molar-refractivity contribution in [3.8, 4) is 0 Å². The Balaban J connectivity index is 4.56. The van der Waals surface area contributed by atoms with Crippen LogP contribution in [-0.4, -0.2) is 6.18 Å². The van der Waals surface area contributed by atoms with E-state index < -0.39 is 12.6 Å². The quantitative estimate of drug-likeness (QED) is 0.600. The third-order valence-electron chi connectivity index (χ3n) is 1.35. The largest absolute Gasteiger partial charge is 0.393 e. The molecule has 0 saturated heterocycles. The molecule has 0 saturated carbocycles. The lowest BCUT2D eigenvalue weighted by Crippen LogP contribution is -2.07. The summed E-state index contributed by atoms with van der Waals surface area (Å²) in [5.74, 6) is 0. The molecule has 0 aromatic rings. The Morgan fingerprint density at radius 1 is 1.29 bits per heavy atom. The van der Waals surface area contributed by atoms with E-state index in [1.165, 1.54) is 24.3 Å². The first-order valence-corrected chi connectivity index (χ1v) is 4.17. The Hall–Kier alpha value is -1.25. The standard InChI is InChI=1S/C11H13F3/c1-3-5-7-10(8-6-4-2)9-11(12,13)14/h3-8H,1,9H2,2H3/b6-4-,7-5-,10-8+. The van der Waals surface area contributed by atoms with Crippen LogP contribution in [0.25, 0.3) is 0 Å². The molecule has 0 amide bonds. The van der Waals surface area contributed by atoms with E-state index in [0.717, 1.165) is 0 Å². The maximum atomic E-state index is 12.0. The average Bonchev–Trinajstić information content (AvgIpc) is 2.07. The fraction of sp³-hybridized carbons (Fsp3) is 0.273. The summed E-state index contributed by atoms with van der Waals surface area (Å²) in [4.78, 5) is 0. The second-order valence-corrected chi connectivity index (χ2v) is 2.65. The van der Waals surface area contributed by atoms with Gasteiger partial charge >= 0.3 is 6.18 Å². The molecule has 3 heteroatoms. The first-order chi connectivity index (χ1) is 6.49. The summed E-state index contributed by atoms with van der Waals surface area (Å²) in [6.07, 6.45) is 3.95. The Morgan fingerprint density at radius 2 is 1.93 bits per heavy atom. The molecule has 0 atom stereocenters. The van der Waals surface area contributed by atoms with E-state index in [2.05, 4.69) is 6.58 Å². The summed E-state index contributed by atoms with van der Waals surface area (Å²) in [6, 6.07) is 0. The van der Waals surface area contributed by atoms with Gasteiger partial charge in [-0.2, -0.15) is 13.2 Å². The molecule has 78 valence electrons. The van der Waals surface area contributed by atoms with Crippen molar-refractivity contribution in [1.82, 2.24) is 0 Å². The minimum atomic E-state index is -4.17. The predicted molar refractivity (Wildman–Crippen MR) is 52.9 cm³/mol. The summed E-state index contributed by atoms with van der Waals surface area (Å²) in [6.45, 7) is 5.15. The highest BCUT2D eigenvalue weighted by Crippen LogP contribution is 2.25. The minimum absolute atomic E-state index is 0.218. The second kappa shape index (κ2) is 6.24. The van der Waals surface area contributed by atoms with Crippen LogP contribution in [0.3, 0.4) is 0 Å². The number of hydrogen-bond acceptors (Lipinski definition) is 0. The van der Waals surface area contributed by atoms with Gasteiger partial charge in [-0.1, -0.05) is 43.0 Å². The van der Waals surface area contributed by atoms with Gasteiger partial charge in [0.15, 0.2) is 0 Å². The van der Waals surface area contributed by atoms with E-state index in [1.807, 2.05) is 0 Å². The molecule has 0 rings (SSSR count). The maximum absolute atomic E-state index is 12.0. The zero-order valence-electron chi connectivity index (χ0n) is 8.01. The maximum Gasteiger partial charge on any atom is 0.393 e. The van der Waals surface area contributed by atoms with Gasteiger partial charge in [0.2, 0.25) is 0 Å². The Labute approximate surface area is 82.1 Å². The van der Waals surface area contributed by atoms with Gasteiger partial charge in [-0.25, -0.2) is 0 Å². The smallest absolute Gasteiger partial charge is 0.171 e. The SMILES string of the molecule is C=C\C=C/C(=C\C=C/C)CC(F)(F)F. The van der Waals surface area contributed by atoms with Gasteiger partial charge in [-0.05, 0) is 12.5 Å². The Kier molecular flexibility index (Phi) is 5.68. The normalized spacial score (nSPS) is 14.1. The van der Waals surface area contributed by atoms with E-state index in [-0.39, 0.29) is 5.57 Å². The lowest BCUT2D eigenvalue weighted by atomic mass is 10.1. The Bertz CT molecular complexity index is 254. The van der Waals surface area contributed by atoms with Crippen LogP contribution >= 0.6 is 0 Å². The van der Waals surface area contributed by atoms with Crippen molar-refractivity contribution in [2.45, 2.75) is 19.5 Å². The van der Waals surface area contributed by atoms with Crippen LogP contribution in [0.4, 0.5) is 13.2 Å². The molecule has 0 spiro atoms. The van der Waals surface area contributed by atoms with Crippen molar-refractivity contribution in [2.75, 3.05) is 0 Å². The van der Waals surface area contributed by atoms with Crippen LogP contribution < -0.4 is 0 Å². The zero-order chi connectivity index (χ0) is 11.0. The minimum Gasteiger partial charge on any atom is -0.171 e. The van der Waals surface area contributed by atoms with Gasteiger partial charge < -0.3 is 0 Å². The van der Waals surface area contributed by atoms with Crippen molar-refractivity contribution in [3.63, 3.8) is 0 Å². The van der Waals surface area contributed by atoms with Crippen molar-refractivity contribution >= 4 is 0 Å². The number of rotatable bonds is 4. The number of alkyl halides is 3. The van der Waals surface area contributed by atoms with E-state index in [4.69, 9.17) is 0 Å². The summed E-state index contributed by atoms with van der Waals surface area (Å²) in [5, 5.41) is 0. The highest BCUT2D eigenvalue weighted by atomic mass is 19.4. The number of hydrogen-bond donors (Lipinski definition) is 0. The van der Waals surface area contributed by atoms with Gasteiger partial charge in [0.25, 0.3) is 0 Å². The molecule has 0 aromatic carbocycles. The molecular formula is C11H13F3. The summed E-state index contributed by atoms with van der Waals surface area (Å²) in [5.41, 5.74) is 0.218. The molecule has 0 aliphatic rings. The van der Waals surface area contributed by atoms with Gasteiger partial charge in [-0.15, -0.1) is 0 Å². The van der Waals surface area contributed by atoms with E-state index in [1.54, 1.807) is 19.1 Å². The van der Waals surface area contributed by atoms with Gasteiger partial charge in [-0.3, -0.25) is 0 Å². The Morgan fingerprint density at radius 3 is 2.36 bits per heavy atom. The molecule has 0 bridgehead atoms. The van der Waals surface area contributed by atoms with Gasteiger partial charge in [0.1, 0.15) is 0 Å². The summed E-state index contributed by atoms with van der Waals surface area (Å²) in [7, 11) is 0. The van der Waals surface area contributed by atoms with Gasteiger partial charge in [0, 0.05) is 0 Å². The fourth-order valence-corrected chi connectivity index (χ4v) is 0.816. The molecule has 0 N–H and O–H groups in total. The summed E-state index contributed by atoms with van der Waals surface area (Å²) < 4.78 is 36.1. The lowest BCUT2D eigenvalue weighted by Gasteiger charge is -2.05. The topological polar surface area (TPSA) is 0 Å². The second-order valence-electron chi connectivity index (χ2n) is 2.65. The summed E-state index contributed by atoms with van der Waals surface area (Å²) >= 11 is 0. The highest BCUT2D eigenvalue weighted by Gasteiger charge is 2.27. The van der Waals surface area contributed by atoms with Crippen molar-refractivity contribution in [3.05, 3.63) is 48.6 Å². The number of allylic oxidation sites excluding steroid dienone is 7. The average molecular weight is 202 g/mol. The lowest BCUT2D eigenvalue weighted by molar-refractivity contribution is -0.126. The van der Waals surface area contributed by atoms with Gasteiger partial charge in [0.05, 0.1) is 6.42 Å². The molecule has 14 heavy (non-hydrogen) atoms. The van der Waals surface area contributed by atoms with Crippen molar-refractivity contribution in [1.29, 1.82) is 0 Å². The van der Waals surface area contributed by atoms with Crippen LogP contribution in [0.1, 0.15) is 13.3 Å². The third-order valence-corrected chi connectivity index (χ3v) is 1.35. The van der Waals surface area contributed by atoms with Crippen LogP contribution in [0.15, 0.2) is 48.6 Å². The number of halogens is 3. The first kappa shape index (κ1) is 12.8. The van der Waals surface area contributed by atoms with Crippen molar-refractivity contribution in [2.24, 2.45) is 0 Å². The van der Waals surface area contributed by atoms with Crippen LogP contribution in [0.2, 0.25) is 0 Å². The highest BCUT2D eigenvalue weighted by molar-refractivity contribution is 5.26. The van der Waals surface area contributed by atoms with Crippen LogP contribution in [-0.2, 0) is 0 Å². The monoisotopic (exact) mass is 202 g/mol. The molecular weight excluding hydrogens is 189 g/mol. The van der Waals surface area contributed by atoms with E-state index >= 15 is 0 Å². The van der Waals surface area contributed by atoms with E-state index in [0.29, 0.717) is 0 Å². The zero-order valence-corrected chi connectivity index (χ0v) is 8.01. The predicted octanol–water partition coefficient (Wildman–Crippen LogP) is 4.18. The fourth-order valence-electron chi connectivity index (χ4n) is 0.816. The van der Waals surface area contributed by atoms with Crippen LogP contribution in [0, 0.1) is 0 Å². The third kappa shape index (κ3) is 7.40. The molecule has 0 unspecified atom stereocenters. The molecule has 0 aliphatic heterocycles.